The van der Waals surface area contributed by atoms with Gasteiger partial charge in [-0.3, -0.25) is 9.69 Å². The van der Waals surface area contributed by atoms with Gasteiger partial charge in [-0.25, -0.2) is 0 Å². The molecule has 0 spiro atoms. The molecule has 1 heterocycles. The molecule has 1 saturated heterocycles. The Morgan fingerprint density at radius 3 is 3.07 bits per heavy atom. The SMILES string of the molecule is C=CCN1C(C)CCNC(=O)C1CO. The number of amides is 1. The van der Waals surface area contributed by atoms with E-state index < -0.39 is 6.04 Å². The minimum absolute atomic E-state index is 0.0845. The van der Waals surface area contributed by atoms with Gasteiger partial charge in [0, 0.05) is 19.1 Å². The van der Waals surface area contributed by atoms with Crippen LogP contribution in [0.1, 0.15) is 13.3 Å². The van der Waals surface area contributed by atoms with Gasteiger partial charge in [0.1, 0.15) is 6.04 Å². The van der Waals surface area contributed by atoms with Gasteiger partial charge < -0.3 is 10.4 Å². The Morgan fingerprint density at radius 1 is 1.79 bits per heavy atom. The molecule has 1 fully saturated rings. The first-order valence-corrected chi connectivity index (χ1v) is 4.96. The van der Waals surface area contributed by atoms with Crippen LogP contribution in [0, 0.1) is 0 Å². The van der Waals surface area contributed by atoms with Crippen LogP contribution in [0.4, 0.5) is 0 Å². The lowest BCUT2D eigenvalue weighted by atomic mass is 10.1. The maximum Gasteiger partial charge on any atom is 0.239 e. The lowest BCUT2D eigenvalue weighted by Gasteiger charge is -2.30. The maximum atomic E-state index is 11.5. The standard InChI is InChI=1S/C10H18N2O2/c1-3-6-12-8(2)4-5-11-10(14)9(12)7-13/h3,8-9,13H,1,4-7H2,2H3,(H,11,14). The number of carbonyl (C=O) groups excluding carboxylic acids is 1. The van der Waals surface area contributed by atoms with Crippen LogP contribution in [0.5, 0.6) is 0 Å². The number of aliphatic hydroxyl groups excluding tert-OH is 1. The molecule has 4 nitrogen and oxygen atoms in total. The molecule has 1 aliphatic rings. The molecule has 2 atom stereocenters. The van der Waals surface area contributed by atoms with Gasteiger partial charge in [0.25, 0.3) is 0 Å². The fraction of sp³-hybridized carbons (Fsp3) is 0.700. The lowest BCUT2D eigenvalue weighted by molar-refractivity contribution is -0.127. The third-order valence-electron chi connectivity index (χ3n) is 2.64. The summed E-state index contributed by atoms with van der Waals surface area (Å²) in [6.45, 7) is 6.91. The molecule has 2 N–H and O–H groups in total. The van der Waals surface area contributed by atoms with Crippen LogP contribution in [0.3, 0.4) is 0 Å². The summed E-state index contributed by atoms with van der Waals surface area (Å²) < 4.78 is 0. The first-order chi connectivity index (χ1) is 6.70. The van der Waals surface area contributed by atoms with Crippen LogP contribution in [-0.2, 0) is 4.79 Å². The highest BCUT2D eigenvalue weighted by molar-refractivity contribution is 5.82. The summed E-state index contributed by atoms with van der Waals surface area (Å²) in [4.78, 5) is 13.5. The van der Waals surface area contributed by atoms with Crippen molar-refractivity contribution < 1.29 is 9.90 Å². The van der Waals surface area contributed by atoms with Gasteiger partial charge in [0.05, 0.1) is 6.61 Å². The molecule has 14 heavy (non-hydrogen) atoms. The molecule has 2 unspecified atom stereocenters. The summed E-state index contributed by atoms with van der Waals surface area (Å²) in [7, 11) is 0. The minimum Gasteiger partial charge on any atom is -0.394 e. The number of nitrogens with one attached hydrogen (secondary N) is 1. The monoisotopic (exact) mass is 198 g/mol. The Bertz CT molecular complexity index is 218. The zero-order chi connectivity index (χ0) is 10.6. The van der Waals surface area contributed by atoms with Crippen LogP contribution in [-0.4, -0.2) is 47.7 Å². The van der Waals surface area contributed by atoms with Crippen molar-refractivity contribution >= 4 is 5.91 Å². The average molecular weight is 198 g/mol. The number of hydrogen-bond acceptors (Lipinski definition) is 3. The fourth-order valence-corrected chi connectivity index (χ4v) is 1.79. The molecule has 80 valence electrons. The second-order valence-electron chi connectivity index (χ2n) is 3.61. The van der Waals surface area contributed by atoms with Crippen molar-refractivity contribution in [2.75, 3.05) is 19.7 Å². The molecule has 0 aliphatic carbocycles. The predicted octanol–water partition coefficient (Wildman–Crippen LogP) is -0.256. The predicted molar refractivity (Wildman–Crippen MR) is 54.9 cm³/mol. The molecular weight excluding hydrogens is 180 g/mol. The highest BCUT2D eigenvalue weighted by Crippen LogP contribution is 2.12. The van der Waals surface area contributed by atoms with E-state index in [1.807, 2.05) is 4.90 Å². The van der Waals surface area contributed by atoms with E-state index in [0.717, 1.165) is 6.42 Å². The first-order valence-electron chi connectivity index (χ1n) is 4.96. The molecule has 0 aromatic rings. The third kappa shape index (κ3) is 2.33. The Hall–Kier alpha value is -0.870. The summed E-state index contributed by atoms with van der Waals surface area (Å²) >= 11 is 0. The normalized spacial score (nSPS) is 29.4. The van der Waals surface area contributed by atoms with E-state index in [0.29, 0.717) is 19.1 Å². The molecule has 0 saturated carbocycles. The molecule has 0 bridgehead atoms. The zero-order valence-corrected chi connectivity index (χ0v) is 8.57. The van der Waals surface area contributed by atoms with E-state index in [-0.39, 0.29) is 12.5 Å². The largest absolute Gasteiger partial charge is 0.394 e. The number of hydrogen-bond donors (Lipinski definition) is 2. The van der Waals surface area contributed by atoms with E-state index in [2.05, 4.69) is 18.8 Å². The summed E-state index contributed by atoms with van der Waals surface area (Å²) in [6.07, 6.45) is 2.67. The number of aliphatic hydroxyl groups is 1. The second-order valence-corrected chi connectivity index (χ2v) is 3.61. The van der Waals surface area contributed by atoms with E-state index in [4.69, 9.17) is 5.11 Å². The molecular formula is C10H18N2O2. The van der Waals surface area contributed by atoms with Crippen LogP contribution >= 0.6 is 0 Å². The van der Waals surface area contributed by atoms with Crippen molar-refractivity contribution in [3.63, 3.8) is 0 Å². The Morgan fingerprint density at radius 2 is 2.50 bits per heavy atom. The van der Waals surface area contributed by atoms with Crippen molar-refractivity contribution in [3.8, 4) is 0 Å². The van der Waals surface area contributed by atoms with Gasteiger partial charge in [-0.2, -0.15) is 0 Å². The van der Waals surface area contributed by atoms with Gasteiger partial charge in [-0.15, -0.1) is 6.58 Å². The van der Waals surface area contributed by atoms with Crippen molar-refractivity contribution in [2.24, 2.45) is 0 Å². The minimum atomic E-state index is -0.425. The highest BCUT2D eigenvalue weighted by atomic mass is 16.3. The van der Waals surface area contributed by atoms with E-state index in [9.17, 15) is 4.79 Å². The molecule has 1 aliphatic heterocycles. The van der Waals surface area contributed by atoms with Crippen LogP contribution in [0.15, 0.2) is 12.7 Å². The molecule has 1 amide bonds. The quantitative estimate of drug-likeness (QED) is 0.615. The zero-order valence-electron chi connectivity index (χ0n) is 8.57. The Balaban J connectivity index is 2.78. The van der Waals surface area contributed by atoms with E-state index >= 15 is 0 Å². The van der Waals surface area contributed by atoms with Crippen molar-refractivity contribution in [3.05, 3.63) is 12.7 Å². The van der Waals surface area contributed by atoms with Crippen LogP contribution in [0.2, 0.25) is 0 Å². The molecule has 1 rings (SSSR count). The summed E-state index contributed by atoms with van der Waals surface area (Å²) in [6, 6.07) is -0.130. The number of carbonyl (C=O) groups is 1. The second kappa shape index (κ2) is 5.12. The first kappa shape index (κ1) is 11.2. The average Bonchev–Trinajstić information content (AvgIpc) is 2.28. The maximum absolute atomic E-state index is 11.5. The lowest BCUT2D eigenvalue weighted by Crippen LogP contribution is -2.49. The van der Waals surface area contributed by atoms with Gasteiger partial charge >= 0.3 is 0 Å². The molecule has 4 heteroatoms. The van der Waals surface area contributed by atoms with Crippen molar-refractivity contribution in [1.29, 1.82) is 0 Å². The molecule has 0 aromatic heterocycles. The van der Waals surface area contributed by atoms with Crippen LogP contribution in [0.25, 0.3) is 0 Å². The van der Waals surface area contributed by atoms with Gasteiger partial charge in [-0.1, -0.05) is 6.08 Å². The van der Waals surface area contributed by atoms with E-state index in [1.54, 1.807) is 6.08 Å². The summed E-state index contributed by atoms with van der Waals surface area (Å²) in [5.74, 6) is -0.0845. The van der Waals surface area contributed by atoms with Crippen LogP contribution < -0.4 is 5.32 Å². The van der Waals surface area contributed by atoms with Gasteiger partial charge in [0.2, 0.25) is 5.91 Å². The van der Waals surface area contributed by atoms with Crippen molar-refractivity contribution in [1.82, 2.24) is 10.2 Å². The molecule has 0 radical (unpaired) electrons. The summed E-state index contributed by atoms with van der Waals surface area (Å²) in [5.41, 5.74) is 0. The van der Waals surface area contributed by atoms with Crippen molar-refractivity contribution in [2.45, 2.75) is 25.4 Å². The number of rotatable bonds is 3. The van der Waals surface area contributed by atoms with Gasteiger partial charge in [-0.05, 0) is 13.3 Å². The number of nitrogens with zero attached hydrogens (tertiary/aromatic N) is 1. The highest BCUT2D eigenvalue weighted by Gasteiger charge is 2.30. The fourth-order valence-electron chi connectivity index (χ4n) is 1.79. The smallest absolute Gasteiger partial charge is 0.239 e. The summed E-state index contributed by atoms with van der Waals surface area (Å²) in [5, 5.41) is 12.0. The van der Waals surface area contributed by atoms with Gasteiger partial charge in [0.15, 0.2) is 0 Å². The third-order valence-corrected chi connectivity index (χ3v) is 2.64. The topological polar surface area (TPSA) is 52.6 Å². The van der Waals surface area contributed by atoms with E-state index in [1.165, 1.54) is 0 Å². The Kier molecular flexibility index (Phi) is 4.10. The Labute approximate surface area is 84.6 Å². The molecule has 0 aromatic carbocycles.